The van der Waals surface area contributed by atoms with Crippen molar-refractivity contribution in [2.75, 3.05) is 6.54 Å². The number of hydrogen-bond donors (Lipinski definition) is 1. The van der Waals surface area contributed by atoms with Gasteiger partial charge >= 0.3 is 0 Å². The molecule has 0 atom stereocenters. The predicted molar refractivity (Wildman–Crippen MR) is 66.3 cm³/mol. The Labute approximate surface area is 98.1 Å². The first-order chi connectivity index (χ1) is 7.66. The number of nitro benzene ring substituents is 1. The van der Waals surface area contributed by atoms with E-state index < -0.39 is 4.92 Å². The first-order valence-corrected chi connectivity index (χ1v) is 5.31. The number of benzene rings is 1. The van der Waals surface area contributed by atoms with Crippen molar-refractivity contribution in [3.8, 4) is 0 Å². The van der Waals surface area contributed by atoms with Gasteiger partial charge < -0.3 is 5.32 Å². The Balaban J connectivity index is 2.31. The molecule has 0 radical (unpaired) electrons. The number of rotatable bonds is 2. The zero-order chi connectivity index (χ0) is 11.5. The lowest BCUT2D eigenvalue weighted by molar-refractivity contribution is -0.384. The SMILES string of the molecule is O=[N+]([O-])c1cccc(C=C2CCNC2=S)c1. The van der Waals surface area contributed by atoms with Crippen molar-refractivity contribution in [2.24, 2.45) is 0 Å². The molecule has 0 unspecified atom stereocenters. The number of nitrogens with one attached hydrogen (secondary N) is 1. The maximum absolute atomic E-state index is 10.6. The van der Waals surface area contributed by atoms with Gasteiger partial charge in [0.15, 0.2) is 0 Å². The molecule has 1 heterocycles. The molecule has 1 fully saturated rings. The van der Waals surface area contributed by atoms with Crippen LogP contribution in [0, 0.1) is 10.1 Å². The van der Waals surface area contributed by atoms with Gasteiger partial charge in [-0.25, -0.2) is 0 Å². The second kappa shape index (κ2) is 4.40. The quantitative estimate of drug-likeness (QED) is 0.369. The van der Waals surface area contributed by atoms with Gasteiger partial charge in [-0.05, 0) is 23.6 Å². The number of non-ortho nitro benzene ring substituents is 1. The molecule has 5 heteroatoms. The molecule has 1 aromatic carbocycles. The van der Waals surface area contributed by atoms with Gasteiger partial charge in [0.1, 0.15) is 4.99 Å². The summed E-state index contributed by atoms with van der Waals surface area (Å²) >= 11 is 5.11. The van der Waals surface area contributed by atoms with E-state index in [-0.39, 0.29) is 5.69 Å². The normalized spacial score (nSPS) is 17.5. The molecule has 0 aromatic heterocycles. The zero-order valence-corrected chi connectivity index (χ0v) is 9.29. The standard InChI is InChI=1S/C11H10N2O2S/c14-13(15)10-3-1-2-8(7-10)6-9-4-5-12-11(9)16/h1-3,6-7H,4-5H2,(H,12,16). The fourth-order valence-electron chi connectivity index (χ4n) is 1.60. The van der Waals surface area contributed by atoms with E-state index in [1.807, 2.05) is 12.1 Å². The molecule has 1 saturated heterocycles. The minimum atomic E-state index is -0.396. The van der Waals surface area contributed by atoms with Crippen molar-refractivity contribution >= 4 is 29.0 Å². The molecule has 1 N–H and O–H groups in total. The largest absolute Gasteiger partial charge is 0.376 e. The van der Waals surface area contributed by atoms with Crippen molar-refractivity contribution < 1.29 is 4.92 Å². The van der Waals surface area contributed by atoms with Crippen LogP contribution < -0.4 is 5.32 Å². The van der Waals surface area contributed by atoms with Gasteiger partial charge in [-0.2, -0.15) is 0 Å². The molecule has 1 aromatic rings. The molecule has 16 heavy (non-hydrogen) atoms. The molecule has 1 aliphatic rings. The van der Waals surface area contributed by atoms with E-state index in [4.69, 9.17) is 12.2 Å². The summed E-state index contributed by atoms with van der Waals surface area (Å²) in [6, 6.07) is 6.54. The summed E-state index contributed by atoms with van der Waals surface area (Å²) in [5.74, 6) is 0. The molecular weight excluding hydrogens is 224 g/mol. The Kier molecular flexibility index (Phi) is 2.96. The molecule has 0 aliphatic carbocycles. The molecule has 2 rings (SSSR count). The second-order valence-corrected chi connectivity index (χ2v) is 3.94. The van der Waals surface area contributed by atoms with Gasteiger partial charge in [0.05, 0.1) is 4.92 Å². The van der Waals surface area contributed by atoms with Crippen LogP contribution in [0.25, 0.3) is 6.08 Å². The first kappa shape index (κ1) is 10.8. The van der Waals surface area contributed by atoms with E-state index in [0.29, 0.717) is 0 Å². The Morgan fingerprint density at radius 3 is 2.94 bits per heavy atom. The average Bonchev–Trinajstić information content (AvgIpc) is 2.65. The topological polar surface area (TPSA) is 55.2 Å². The summed E-state index contributed by atoms with van der Waals surface area (Å²) in [5.41, 5.74) is 1.96. The lowest BCUT2D eigenvalue weighted by Gasteiger charge is -1.98. The molecule has 4 nitrogen and oxygen atoms in total. The van der Waals surface area contributed by atoms with Gasteiger partial charge in [-0.1, -0.05) is 24.4 Å². The number of hydrogen-bond acceptors (Lipinski definition) is 3. The van der Waals surface area contributed by atoms with Gasteiger partial charge in [-0.15, -0.1) is 0 Å². The Hall–Kier alpha value is -1.75. The highest BCUT2D eigenvalue weighted by molar-refractivity contribution is 7.80. The fourth-order valence-corrected chi connectivity index (χ4v) is 1.87. The summed E-state index contributed by atoms with van der Waals surface area (Å²) in [6.07, 6.45) is 2.77. The first-order valence-electron chi connectivity index (χ1n) is 4.90. The highest BCUT2D eigenvalue weighted by atomic mass is 32.1. The van der Waals surface area contributed by atoms with Crippen LogP contribution in [-0.4, -0.2) is 16.5 Å². The Bertz CT molecular complexity index is 483. The molecular formula is C11H10N2O2S. The Morgan fingerprint density at radius 2 is 2.31 bits per heavy atom. The number of thiocarbonyl (C=S) groups is 1. The van der Waals surface area contributed by atoms with Crippen LogP contribution in [-0.2, 0) is 0 Å². The van der Waals surface area contributed by atoms with Crippen LogP contribution in [0.3, 0.4) is 0 Å². The fraction of sp³-hybridized carbons (Fsp3) is 0.182. The van der Waals surface area contributed by atoms with Crippen molar-refractivity contribution in [1.82, 2.24) is 5.32 Å². The van der Waals surface area contributed by atoms with Crippen molar-refractivity contribution in [1.29, 1.82) is 0 Å². The molecule has 82 valence electrons. The van der Waals surface area contributed by atoms with E-state index in [0.717, 1.165) is 29.1 Å². The lowest BCUT2D eigenvalue weighted by Crippen LogP contribution is -2.11. The third kappa shape index (κ3) is 2.25. The van der Waals surface area contributed by atoms with E-state index >= 15 is 0 Å². The van der Waals surface area contributed by atoms with Crippen molar-refractivity contribution in [2.45, 2.75) is 6.42 Å². The Morgan fingerprint density at radius 1 is 1.50 bits per heavy atom. The van der Waals surface area contributed by atoms with Crippen molar-refractivity contribution in [3.63, 3.8) is 0 Å². The number of nitrogens with zero attached hydrogens (tertiary/aromatic N) is 1. The smallest absolute Gasteiger partial charge is 0.270 e. The second-order valence-electron chi connectivity index (χ2n) is 3.53. The predicted octanol–water partition coefficient (Wildman–Crippen LogP) is 2.30. The summed E-state index contributed by atoms with van der Waals surface area (Å²) < 4.78 is 0. The van der Waals surface area contributed by atoms with Gasteiger partial charge in [0.25, 0.3) is 5.69 Å². The van der Waals surface area contributed by atoms with Crippen LogP contribution in [0.4, 0.5) is 5.69 Å². The maximum atomic E-state index is 10.6. The maximum Gasteiger partial charge on any atom is 0.270 e. The number of nitro groups is 1. The summed E-state index contributed by atoms with van der Waals surface area (Å²) in [5, 5.41) is 13.7. The molecule has 1 aliphatic heterocycles. The highest BCUT2D eigenvalue weighted by Crippen LogP contribution is 2.18. The third-order valence-electron chi connectivity index (χ3n) is 2.39. The van der Waals surface area contributed by atoms with E-state index in [2.05, 4.69) is 5.32 Å². The van der Waals surface area contributed by atoms with Crippen LogP contribution >= 0.6 is 12.2 Å². The minimum Gasteiger partial charge on any atom is -0.376 e. The summed E-state index contributed by atoms with van der Waals surface area (Å²) in [4.78, 5) is 10.9. The lowest BCUT2D eigenvalue weighted by atomic mass is 10.1. The molecule has 0 bridgehead atoms. The van der Waals surface area contributed by atoms with Crippen LogP contribution in [0.15, 0.2) is 29.8 Å². The van der Waals surface area contributed by atoms with Gasteiger partial charge in [-0.3, -0.25) is 10.1 Å². The summed E-state index contributed by atoms with van der Waals surface area (Å²) in [7, 11) is 0. The molecule has 0 spiro atoms. The monoisotopic (exact) mass is 234 g/mol. The van der Waals surface area contributed by atoms with E-state index in [9.17, 15) is 10.1 Å². The van der Waals surface area contributed by atoms with Crippen LogP contribution in [0.5, 0.6) is 0 Å². The third-order valence-corrected chi connectivity index (χ3v) is 2.80. The van der Waals surface area contributed by atoms with E-state index in [1.165, 1.54) is 6.07 Å². The van der Waals surface area contributed by atoms with Gasteiger partial charge in [0, 0.05) is 18.7 Å². The van der Waals surface area contributed by atoms with Crippen LogP contribution in [0.1, 0.15) is 12.0 Å². The van der Waals surface area contributed by atoms with Crippen molar-refractivity contribution in [3.05, 3.63) is 45.5 Å². The van der Waals surface area contributed by atoms with Crippen LogP contribution in [0.2, 0.25) is 0 Å². The zero-order valence-electron chi connectivity index (χ0n) is 8.47. The minimum absolute atomic E-state index is 0.103. The summed E-state index contributed by atoms with van der Waals surface area (Å²) in [6.45, 7) is 0.847. The molecule has 0 amide bonds. The average molecular weight is 234 g/mol. The van der Waals surface area contributed by atoms with Gasteiger partial charge in [0.2, 0.25) is 0 Å². The van der Waals surface area contributed by atoms with E-state index in [1.54, 1.807) is 12.1 Å². The molecule has 0 saturated carbocycles. The highest BCUT2D eigenvalue weighted by Gasteiger charge is 2.12.